The van der Waals surface area contributed by atoms with Crippen LogP contribution in [0.15, 0.2) is 29.1 Å². The number of hydrogen-bond acceptors (Lipinski definition) is 6. The molecule has 0 radical (unpaired) electrons. The van der Waals surface area contributed by atoms with Crippen molar-refractivity contribution in [1.29, 1.82) is 0 Å². The molecule has 2 aromatic heterocycles. The molecule has 3 aromatic rings. The third-order valence-corrected chi connectivity index (χ3v) is 6.67. The fourth-order valence-electron chi connectivity index (χ4n) is 3.56. The van der Waals surface area contributed by atoms with Gasteiger partial charge in [0.2, 0.25) is 0 Å². The van der Waals surface area contributed by atoms with E-state index in [9.17, 15) is 9.59 Å². The van der Waals surface area contributed by atoms with E-state index in [2.05, 4.69) is 18.7 Å². The maximum atomic E-state index is 13.5. The molecular formula is C24H31N3O3S. The van der Waals surface area contributed by atoms with E-state index in [4.69, 9.17) is 9.72 Å². The lowest BCUT2D eigenvalue weighted by Gasteiger charge is -2.20. The Labute approximate surface area is 187 Å². The van der Waals surface area contributed by atoms with Gasteiger partial charge in [0.05, 0.1) is 30.6 Å². The molecule has 0 atom stereocenters. The van der Waals surface area contributed by atoms with Crippen LogP contribution in [0.1, 0.15) is 59.4 Å². The zero-order valence-corrected chi connectivity index (χ0v) is 19.8. The first kappa shape index (κ1) is 23.2. The van der Waals surface area contributed by atoms with Crippen LogP contribution in [0.4, 0.5) is 0 Å². The van der Waals surface area contributed by atoms with Gasteiger partial charge in [-0.15, -0.1) is 11.3 Å². The quantitative estimate of drug-likeness (QED) is 0.457. The molecule has 1 aromatic carbocycles. The number of benzene rings is 1. The lowest BCUT2D eigenvalue weighted by Crippen LogP contribution is -2.31. The SMILES string of the molecule is CCCOC(=O)c1cccc(Cn2c(CN(CC)CC)nc3sc(C)c(C)c3c2=O)c1. The molecule has 0 unspecified atom stereocenters. The molecule has 0 aliphatic carbocycles. The molecule has 166 valence electrons. The normalized spacial score (nSPS) is 11.4. The topological polar surface area (TPSA) is 64.4 Å². The molecular weight excluding hydrogens is 410 g/mol. The lowest BCUT2D eigenvalue weighted by atomic mass is 10.1. The molecule has 31 heavy (non-hydrogen) atoms. The minimum Gasteiger partial charge on any atom is -0.462 e. The number of fused-ring (bicyclic) bond motifs is 1. The molecule has 7 heteroatoms. The van der Waals surface area contributed by atoms with Crippen LogP contribution in [0.25, 0.3) is 10.2 Å². The molecule has 0 bridgehead atoms. The molecule has 0 fully saturated rings. The van der Waals surface area contributed by atoms with E-state index in [1.165, 1.54) is 0 Å². The van der Waals surface area contributed by atoms with Crippen LogP contribution < -0.4 is 5.56 Å². The van der Waals surface area contributed by atoms with Crippen LogP contribution in [0.3, 0.4) is 0 Å². The third-order valence-electron chi connectivity index (χ3n) is 5.57. The number of carbonyl (C=O) groups excluding carboxylic acids is 1. The Balaban J connectivity index is 2.06. The van der Waals surface area contributed by atoms with Gasteiger partial charge in [0.15, 0.2) is 0 Å². The smallest absolute Gasteiger partial charge is 0.338 e. The van der Waals surface area contributed by atoms with Gasteiger partial charge in [-0.05, 0) is 56.6 Å². The summed E-state index contributed by atoms with van der Waals surface area (Å²) in [6.07, 6.45) is 0.778. The van der Waals surface area contributed by atoms with Crippen LogP contribution >= 0.6 is 11.3 Å². The van der Waals surface area contributed by atoms with Crippen molar-refractivity contribution in [2.24, 2.45) is 0 Å². The van der Waals surface area contributed by atoms with Crippen molar-refractivity contribution < 1.29 is 9.53 Å². The molecule has 6 nitrogen and oxygen atoms in total. The number of nitrogens with zero attached hydrogens (tertiary/aromatic N) is 3. The standard InChI is InChI=1S/C24H31N3O3S/c1-6-12-30-24(29)19-11-9-10-18(13-19)14-27-20(15-26(7-2)8-3)25-22-21(23(27)28)16(4)17(5)31-22/h9-11,13H,6-8,12,14-15H2,1-5H3. The zero-order valence-electron chi connectivity index (χ0n) is 19.0. The first-order valence-corrected chi connectivity index (χ1v) is 11.7. The van der Waals surface area contributed by atoms with E-state index < -0.39 is 0 Å². The van der Waals surface area contributed by atoms with E-state index in [0.717, 1.165) is 46.2 Å². The van der Waals surface area contributed by atoms with E-state index >= 15 is 0 Å². The second kappa shape index (κ2) is 10.2. The summed E-state index contributed by atoms with van der Waals surface area (Å²) in [6, 6.07) is 7.32. The predicted octanol–water partition coefficient (Wildman–Crippen LogP) is 4.53. The van der Waals surface area contributed by atoms with Crippen LogP contribution in [-0.4, -0.2) is 40.1 Å². The largest absolute Gasteiger partial charge is 0.462 e. The lowest BCUT2D eigenvalue weighted by molar-refractivity contribution is 0.0505. The van der Waals surface area contributed by atoms with Crippen molar-refractivity contribution in [1.82, 2.24) is 14.5 Å². The van der Waals surface area contributed by atoms with Crippen molar-refractivity contribution in [3.8, 4) is 0 Å². The van der Waals surface area contributed by atoms with Gasteiger partial charge >= 0.3 is 5.97 Å². The Morgan fingerprint density at radius 2 is 1.94 bits per heavy atom. The Morgan fingerprint density at radius 1 is 1.19 bits per heavy atom. The predicted molar refractivity (Wildman–Crippen MR) is 126 cm³/mol. The first-order valence-electron chi connectivity index (χ1n) is 10.9. The van der Waals surface area contributed by atoms with Crippen LogP contribution in [0, 0.1) is 13.8 Å². The Bertz CT molecular complexity index is 1130. The molecule has 0 aliphatic rings. The number of ether oxygens (including phenoxy) is 1. The summed E-state index contributed by atoms with van der Waals surface area (Å²) in [7, 11) is 0. The highest BCUT2D eigenvalue weighted by Crippen LogP contribution is 2.26. The Morgan fingerprint density at radius 3 is 2.61 bits per heavy atom. The summed E-state index contributed by atoms with van der Waals surface area (Å²) in [5.74, 6) is 0.415. The monoisotopic (exact) mass is 441 g/mol. The Kier molecular flexibility index (Phi) is 7.62. The van der Waals surface area contributed by atoms with Crippen LogP contribution in [0.2, 0.25) is 0 Å². The number of rotatable bonds is 9. The van der Waals surface area contributed by atoms with Crippen molar-refractivity contribution in [2.45, 2.75) is 54.1 Å². The fourth-order valence-corrected chi connectivity index (χ4v) is 4.60. The number of aromatic nitrogens is 2. The summed E-state index contributed by atoms with van der Waals surface area (Å²) in [4.78, 5) is 34.9. The molecule has 0 saturated heterocycles. The second-order valence-corrected chi connectivity index (χ2v) is 8.88. The van der Waals surface area contributed by atoms with E-state index in [1.54, 1.807) is 22.0 Å². The average Bonchev–Trinajstić information content (AvgIpc) is 3.06. The van der Waals surface area contributed by atoms with Crippen molar-refractivity contribution in [3.05, 3.63) is 62.0 Å². The van der Waals surface area contributed by atoms with Gasteiger partial charge < -0.3 is 4.74 Å². The molecule has 0 saturated carbocycles. The molecule has 0 aliphatic heterocycles. The van der Waals surface area contributed by atoms with Gasteiger partial charge in [-0.3, -0.25) is 14.3 Å². The van der Waals surface area contributed by atoms with Gasteiger partial charge in [0.1, 0.15) is 10.7 Å². The number of carbonyl (C=O) groups is 1. The molecule has 3 rings (SSSR count). The van der Waals surface area contributed by atoms with Crippen molar-refractivity contribution >= 4 is 27.5 Å². The maximum Gasteiger partial charge on any atom is 0.338 e. The highest BCUT2D eigenvalue weighted by Gasteiger charge is 2.18. The minimum absolute atomic E-state index is 0.0204. The number of esters is 1. The van der Waals surface area contributed by atoms with Crippen LogP contribution in [0.5, 0.6) is 0 Å². The molecule has 2 heterocycles. The molecule has 0 N–H and O–H groups in total. The fraction of sp³-hybridized carbons (Fsp3) is 0.458. The first-order chi connectivity index (χ1) is 14.9. The number of aryl methyl sites for hydroxylation is 2. The van der Waals surface area contributed by atoms with Crippen LogP contribution in [-0.2, 0) is 17.8 Å². The molecule has 0 spiro atoms. The number of thiophene rings is 1. The summed E-state index contributed by atoms with van der Waals surface area (Å²) in [6.45, 7) is 13.3. The summed E-state index contributed by atoms with van der Waals surface area (Å²) in [5, 5.41) is 0.698. The summed E-state index contributed by atoms with van der Waals surface area (Å²) in [5.41, 5.74) is 2.35. The summed E-state index contributed by atoms with van der Waals surface area (Å²) < 4.78 is 7.02. The number of hydrogen-bond donors (Lipinski definition) is 0. The van der Waals surface area contributed by atoms with E-state index in [0.29, 0.717) is 30.6 Å². The second-order valence-electron chi connectivity index (χ2n) is 7.68. The van der Waals surface area contributed by atoms with Gasteiger partial charge in [0, 0.05) is 4.88 Å². The van der Waals surface area contributed by atoms with E-state index in [-0.39, 0.29) is 11.5 Å². The van der Waals surface area contributed by atoms with Gasteiger partial charge in [-0.1, -0.05) is 32.9 Å². The van der Waals surface area contributed by atoms with Gasteiger partial charge in [-0.2, -0.15) is 0 Å². The van der Waals surface area contributed by atoms with Crippen molar-refractivity contribution in [3.63, 3.8) is 0 Å². The highest BCUT2D eigenvalue weighted by molar-refractivity contribution is 7.18. The van der Waals surface area contributed by atoms with Gasteiger partial charge in [-0.25, -0.2) is 9.78 Å². The maximum absolute atomic E-state index is 13.5. The average molecular weight is 442 g/mol. The Hall–Kier alpha value is -2.51. The van der Waals surface area contributed by atoms with Crippen molar-refractivity contribution in [2.75, 3.05) is 19.7 Å². The zero-order chi connectivity index (χ0) is 22.5. The highest BCUT2D eigenvalue weighted by atomic mass is 32.1. The third kappa shape index (κ3) is 5.05. The molecule has 0 amide bonds. The van der Waals surface area contributed by atoms with E-state index in [1.807, 2.05) is 39.0 Å². The minimum atomic E-state index is -0.336. The summed E-state index contributed by atoms with van der Waals surface area (Å²) >= 11 is 1.57. The van der Waals surface area contributed by atoms with Gasteiger partial charge in [0.25, 0.3) is 5.56 Å².